The molecule has 2 aliphatic heterocycles. The van der Waals surface area contributed by atoms with Crippen molar-refractivity contribution in [3.8, 4) is 6.07 Å². The smallest absolute Gasteiger partial charge is 0.0992 e. The molecule has 1 unspecified atom stereocenters. The maximum atomic E-state index is 8.97. The van der Waals surface area contributed by atoms with Gasteiger partial charge in [-0.15, -0.1) is 0 Å². The van der Waals surface area contributed by atoms with Crippen LogP contribution in [0.25, 0.3) is 0 Å². The van der Waals surface area contributed by atoms with Gasteiger partial charge in [0.05, 0.1) is 11.6 Å². The molecule has 0 bridgehead atoms. The Morgan fingerprint density at radius 1 is 1.16 bits per heavy atom. The first-order valence-electron chi connectivity index (χ1n) is 7.32. The van der Waals surface area contributed by atoms with E-state index >= 15 is 0 Å². The van der Waals surface area contributed by atoms with E-state index in [0.29, 0.717) is 0 Å². The number of nitrogens with zero attached hydrogens (tertiary/aromatic N) is 2. The molecule has 3 heteroatoms. The Kier molecular flexibility index (Phi) is 3.70. The predicted octanol–water partition coefficient (Wildman–Crippen LogP) is 2.38. The van der Waals surface area contributed by atoms with E-state index in [-0.39, 0.29) is 0 Å². The summed E-state index contributed by atoms with van der Waals surface area (Å²) < 4.78 is 0. The Labute approximate surface area is 115 Å². The van der Waals surface area contributed by atoms with Gasteiger partial charge in [0.25, 0.3) is 0 Å². The Morgan fingerprint density at radius 3 is 2.68 bits per heavy atom. The second-order valence-corrected chi connectivity index (χ2v) is 5.74. The molecule has 2 heterocycles. The fourth-order valence-corrected chi connectivity index (χ4v) is 3.48. The topological polar surface area (TPSA) is 39.1 Å². The highest BCUT2D eigenvalue weighted by Crippen LogP contribution is 2.31. The van der Waals surface area contributed by atoms with Gasteiger partial charge in [0.1, 0.15) is 0 Å². The van der Waals surface area contributed by atoms with Crippen molar-refractivity contribution in [1.82, 2.24) is 5.32 Å². The molecular formula is C16H21N3. The van der Waals surface area contributed by atoms with E-state index in [1.54, 1.807) is 0 Å². The molecule has 0 saturated carbocycles. The van der Waals surface area contributed by atoms with Crippen molar-refractivity contribution in [2.45, 2.75) is 19.3 Å². The zero-order valence-electron chi connectivity index (χ0n) is 11.3. The Bertz CT molecular complexity index is 463. The Morgan fingerprint density at radius 2 is 2.00 bits per heavy atom. The molecule has 3 rings (SSSR count). The molecule has 1 aromatic carbocycles. The molecule has 2 fully saturated rings. The second-order valence-electron chi connectivity index (χ2n) is 5.74. The first-order valence-corrected chi connectivity index (χ1v) is 7.32. The largest absolute Gasteiger partial charge is 0.371 e. The summed E-state index contributed by atoms with van der Waals surface area (Å²) in [6.07, 6.45) is 3.95. The summed E-state index contributed by atoms with van der Waals surface area (Å²) in [6.45, 7) is 4.69. The van der Waals surface area contributed by atoms with Crippen LogP contribution in [0.15, 0.2) is 24.3 Å². The van der Waals surface area contributed by atoms with Gasteiger partial charge in [-0.05, 0) is 62.4 Å². The van der Waals surface area contributed by atoms with Gasteiger partial charge >= 0.3 is 0 Å². The lowest BCUT2D eigenvalue weighted by Gasteiger charge is -2.36. The van der Waals surface area contributed by atoms with Crippen molar-refractivity contribution in [2.75, 3.05) is 31.1 Å². The quantitative estimate of drug-likeness (QED) is 0.882. The highest BCUT2D eigenvalue weighted by atomic mass is 15.1. The third-order valence-corrected chi connectivity index (χ3v) is 4.65. The Balaban J connectivity index is 1.61. The zero-order valence-corrected chi connectivity index (χ0v) is 11.3. The SMILES string of the molecule is N#Cc1cccc(N2CCC(C3CCNC3)CC2)c1. The number of anilines is 1. The fourth-order valence-electron chi connectivity index (χ4n) is 3.48. The van der Waals surface area contributed by atoms with E-state index in [0.717, 1.165) is 30.5 Å². The molecular weight excluding hydrogens is 234 g/mol. The minimum absolute atomic E-state index is 0.764. The van der Waals surface area contributed by atoms with Gasteiger partial charge in [-0.3, -0.25) is 0 Å². The standard InChI is InChI=1S/C16H21N3/c17-11-13-2-1-3-16(10-13)19-8-5-14(6-9-19)15-4-7-18-12-15/h1-3,10,14-15,18H,4-9,12H2. The third kappa shape index (κ3) is 2.74. The minimum atomic E-state index is 0.764. The average Bonchev–Trinajstić information content (AvgIpc) is 3.02. The average molecular weight is 255 g/mol. The molecule has 0 spiro atoms. The second kappa shape index (κ2) is 5.63. The maximum Gasteiger partial charge on any atom is 0.0992 e. The van der Waals surface area contributed by atoms with Crippen molar-refractivity contribution >= 4 is 5.69 Å². The molecule has 0 aliphatic carbocycles. The van der Waals surface area contributed by atoms with Crippen LogP contribution in [0.1, 0.15) is 24.8 Å². The van der Waals surface area contributed by atoms with Crippen molar-refractivity contribution in [1.29, 1.82) is 5.26 Å². The fraction of sp³-hybridized carbons (Fsp3) is 0.562. The van der Waals surface area contributed by atoms with Crippen LogP contribution < -0.4 is 10.2 Å². The van der Waals surface area contributed by atoms with Gasteiger partial charge in [-0.1, -0.05) is 6.07 Å². The first kappa shape index (κ1) is 12.5. The molecule has 1 atom stereocenters. The highest BCUT2D eigenvalue weighted by Gasteiger charge is 2.28. The van der Waals surface area contributed by atoms with E-state index in [1.165, 1.54) is 38.0 Å². The van der Waals surface area contributed by atoms with Gasteiger partial charge in [0, 0.05) is 18.8 Å². The summed E-state index contributed by atoms with van der Waals surface area (Å²) in [5, 5.41) is 12.4. The zero-order chi connectivity index (χ0) is 13.1. The lowest BCUT2D eigenvalue weighted by molar-refractivity contribution is 0.292. The summed E-state index contributed by atoms with van der Waals surface area (Å²) in [5.41, 5.74) is 1.97. The summed E-state index contributed by atoms with van der Waals surface area (Å²) in [4.78, 5) is 2.43. The van der Waals surface area contributed by atoms with Crippen LogP contribution in [-0.2, 0) is 0 Å². The van der Waals surface area contributed by atoms with E-state index < -0.39 is 0 Å². The van der Waals surface area contributed by atoms with Gasteiger partial charge in [-0.2, -0.15) is 5.26 Å². The van der Waals surface area contributed by atoms with Crippen LogP contribution in [0.4, 0.5) is 5.69 Å². The molecule has 3 nitrogen and oxygen atoms in total. The van der Waals surface area contributed by atoms with Gasteiger partial charge in [0.15, 0.2) is 0 Å². The molecule has 1 N–H and O–H groups in total. The summed E-state index contributed by atoms with van der Waals surface area (Å²) in [6, 6.07) is 10.2. The van der Waals surface area contributed by atoms with Gasteiger partial charge < -0.3 is 10.2 Å². The van der Waals surface area contributed by atoms with Crippen LogP contribution in [-0.4, -0.2) is 26.2 Å². The van der Waals surface area contributed by atoms with E-state index in [9.17, 15) is 0 Å². The van der Waals surface area contributed by atoms with Crippen LogP contribution >= 0.6 is 0 Å². The molecule has 0 aromatic heterocycles. The van der Waals surface area contributed by atoms with E-state index in [4.69, 9.17) is 5.26 Å². The summed E-state index contributed by atoms with van der Waals surface area (Å²) >= 11 is 0. The summed E-state index contributed by atoms with van der Waals surface area (Å²) in [7, 11) is 0. The predicted molar refractivity (Wildman–Crippen MR) is 77.1 cm³/mol. The van der Waals surface area contributed by atoms with Crippen molar-refractivity contribution in [3.63, 3.8) is 0 Å². The number of piperidine rings is 1. The molecule has 19 heavy (non-hydrogen) atoms. The number of benzene rings is 1. The Hall–Kier alpha value is -1.53. The third-order valence-electron chi connectivity index (χ3n) is 4.65. The number of hydrogen-bond donors (Lipinski definition) is 1. The first-order chi connectivity index (χ1) is 9.36. The van der Waals surface area contributed by atoms with E-state index in [2.05, 4.69) is 22.4 Å². The normalized spacial score (nSPS) is 24.4. The molecule has 2 aliphatic rings. The van der Waals surface area contributed by atoms with Crippen molar-refractivity contribution in [3.05, 3.63) is 29.8 Å². The van der Waals surface area contributed by atoms with Gasteiger partial charge in [0.2, 0.25) is 0 Å². The lowest BCUT2D eigenvalue weighted by Crippen LogP contribution is -2.36. The monoisotopic (exact) mass is 255 g/mol. The maximum absolute atomic E-state index is 8.97. The number of nitrogens with one attached hydrogen (secondary N) is 1. The number of nitriles is 1. The minimum Gasteiger partial charge on any atom is -0.371 e. The van der Waals surface area contributed by atoms with Crippen LogP contribution in [0.5, 0.6) is 0 Å². The summed E-state index contributed by atoms with van der Waals surface area (Å²) in [5.74, 6) is 1.79. The van der Waals surface area contributed by atoms with Gasteiger partial charge in [-0.25, -0.2) is 0 Å². The molecule has 0 amide bonds. The lowest BCUT2D eigenvalue weighted by atomic mass is 9.83. The van der Waals surface area contributed by atoms with E-state index in [1.807, 2.05) is 18.2 Å². The molecule has 2 saturated heterocycles. The van der Waals surface area contributed by atoms with Crippen molar-refractivity contribution in [2.24, 2.45) is 11.8 Å². The van der Waals surface area contributed by atoms with Crippen LogP contribution in [0, 0.1) is 23.2 Å². The molecule has 1 aromatic rings. The number of rotatable bonds is 2. The van der Waals surface area contributed by atoms with Crippen LogP contribution in [0.2, 0.25) is 0 Å². The van der Waals surface area contributed by atoms with Crippen LogP contribution in [0.3, 0.4) is 0 Å². The molecule has 100 valence electrons. The molecule has 0 radical (unpaired) electrons. The van der Waals surface area contributed by atoms with Crippen molar-refractivity contribution < 1.29 is 0 Å². The number of hydrogen-bond acceptors (Lipinski definition) is 3. The highest BCUT2D eigenvalue weighted by molar-refractivity contribution is 5.51.